The molecule has 1 aliphatic carbocycles. The lowest BCUT2D eigenvalue weighted by Crippen LogP contribution is -2.34. The second-order valence-electron chi connectivity index (χ2n) is 7.93. The number of imidazole rings is 1. The molecular weight excluding hydrogens is 328 g/mol. The van der Waals surface area contributed by atoms with Crippen molar-refractivity contribution in [1.82, 2.24) is 24.4 Å². The summed E-state index contributed by atoms with van der Waals surface area (Å²) in [7, 11) is 1.89. The van der Waals surface area contributed by atoms with Gasteiger partial charge in [-0.25, -0.2) is 15.0 Å². The fourth-order valence-corrected chi connectivity index (χ4v) is 4.81. The summed E-state index contributed by atoms with van der Waals surface area (Å²) in [6.07, 6.45) is 6.85. The van der Waals surface area contributed by atoms with Gasteiger partial charge in [0.05, 0.1) is 6.33 Å². The van der Waals surface area contributed by atoms with E-state index in [2.05, 4.69) is 14.9 Å². The Balaban J connectivity index is 1.31. The Kier molecular flexibility index (Phi) is 3.52. The van der Waals surface area contributed by atoms with Gasteiger partial charge in [-0.2, -0.15) is 0 Å². The smallest absolute Gasteiger partial charge is 0.274 e. The van der Waals surface area contributed by atoms with Crippen molar-refractivity contribution in [2.45, 2.75) is 26.2 Å². The third kappa shape index (κ3) is 2.48. The van der Waals surface area contributed by atoms with E-state index in [1.165, 1.54) is 17.7 Å². The first-order chi connectivity index (χ1) is 12.6. The van der Waals surface area contributed by atoms with E-state index in [0.29, 0.717) is 17.5 Å². The van der Waals surface area contributed by atoms with Crippen molar-refractivity contribution in [3.63, 3.8) is 0 Å². The zero-order valence-corrected chi connectivity index (χ0v) is 15.4. The average Bonchev–Trinajstić information content (AvgIpc) is 3.35. The normalized spacial score (nSPS) is 24.2. The molecule has 2 aliphatic heterocycles. The second kappa shape index (κ2) is 5.79. The number of carbonyl (C=O) groups excluding carboxylic acids is 1. The fourth-order valence-electron chi connectivity index (χ4n) is 4.81. The minimum Gasteiger partial charge on any atom is -0.356 e. The molecule has 2 fully saturated rings. The minimum atomic E-state index is 0.0605. The molecule has 4 heterocycles. The van der Waals surface area contributed by atoms with Crippen LogP contribution < -0.4 is 4.90 Å². The molecule has 2 saturated heterocycles. The zero-order chi connectivity index (χ0) is 17.8. The van der Waals surface area contributed by atoms with Gasteiger partial charge in [0.2, 0.25) is 0 Å². The van der Waals surface area contributed by atoms with Gasteiger partial charge in [0.25, 0.3) is 5.91 Å². The van der Waals surface area contributed by atoms with Crippen LogP contribution in [0.3, 0.4) is 0 Å². The first-order valence-corrected chi connectivity index (χ1v) is 9.47. The number of likely N-dealkylation sites (tertiary alicyclic amines) is 1. The van der Waals surface area contributed by atoms with E-state index in [9.17, 15) is 4.79 Å². The van der Waals surface area contributed by atoms with Gasteiger partial charge in [0, 0.05) is 62.5 Å². The number of hydrogen-bond donors (Lipinski definition) is 0. The van der Waals surface area contributed by atoms with E-state index in [0.717, 1.165) is 50.7 Å². The van der Waals surface area contributed by atoms with Crippen molar-refractivity contribution in [2.24, 2.45) is 18.9 Å². The van der Waals surface area contributed by atoms with Crippen LogP contribution in [0.5, 0.6) is 0 Å². The van der Waals surface area contributed by atoms with Crippen LogP contribution in [0, 0.1) is 18.8 Å². The Hall–Kier alpha value is -2.44. The number of anilines is 1. The van der Waals surface area contributed by atoms with Crippen LogP contribution in [-0.4, -0.2) is 56.5 Å². The molecular formula is C19H24N6O. The predicted molar refractivity (Wildman–Crippen MR) is 97.1 cm³/mol. The molecule has 3 aliphatic rings. The van der Waals surface area contributed by atoms with Crippen LogP contribution in [0.1, 0.15) is 34.0 Å². The highest BCUT2D eigenvalue weighted by Crippen LogP contribution is 2.37. The third-order valence-corrected chi connectivity index (χ3v) is 6.02. The largest absolute Gasteiger partial charge is 0.356 e. The lowest BCUT2D eigenvalue weighted by Gasteiger charge is -2.24. The fraction of sp³-hybridized carbons (Fsp3) is 0.579. The summed E-state index contributed by atoms with van der Waals surface area (Å²) in [5, 5.41) is 0. The van der Waals surface area contributed by atoms with E-state index in [4.69, 9.17) is 4.98 Å². The van der Waals surface area contributed by atoms with E-state index >= 15 is 0 Å². The summed E-state index contributed by atoms with van der Waals surface area (Å²) in [5.74, 6) is 3.14. The molecule has 136 valence electrons. The summed E-state index contributed by atoms with van der Waals surface area (Å²) in [5.41, 5.74) is 3.15. The molecule has 2 unspecified atom stereocenters. The number of amides is 1. The summed E-state index contributed by atoms with van der Waals surface area (Å²) >= 11 is 0. The Morgan fingerprint density at radius 2 is 1.88 bits per heavy atom. The van der Waals surface area contributed by atoms with Gasteiger partial charge in [-0.1, -0.05) is 0 Å². The Bertz CT molecular complexity index is 861. The number of rotatable bonds is 2. The molecule has 5 rings (SSSR count). The molecule has 2 atom stereocenters. The predicted octanol–water partition coefficient (Wildman–Crippen LogP) is 1.22. The third-order valence-electron chi connectivity index (χ3n) is 6.02. The maximum atomic E-state index is 12.7. The number of fused-ring (bicyclic) bond motifs is 2. The molecule has 7 nitrogen and oxygen atoms in total. The van der Waals surface area contributed by atoms with Crippen molar-refractivity contribution in [2.75, 3.05) is 31.1 Å². The van der Waals surface area contributed by atoms with Crippen LogP contribution >= 0.6 is 0 Å². The summed E-state index contributed by atoms with van der Waals surface area (Å²) in [4.78, 5) is 30.7. The molecule has 2 aromatic heterocycles. The molecule has 1 amide bonds. The van der Waals surface area contributed by atoms with Crippen LogP contribution in [0.4, 0.5) is 5.82 Å². The standard InChI is InChI=1S/C19H24N6O/c1-12-21-16-5-3-4-15(16)18(22-12)24-6-13-8-25(9-14(13)7-24)19(26)17-10-23(2)11-20-17/h10-11,13-14H,3-9H2,1-2H3. The van der Waals surface area contributed by atoms with Gasteiger partial charge in [0.1, 0.15) is 17.3 Å². The van der Waals surface area contributed by atoms with Gasteiger partial charge in [0.15, 0.2) is 0 Å². The average molecular weight is 352 g/mol. The first-order valence-electron chi connectivity index (χ1n) is 9.47. The van der Waals surface area contributed by atoms with Crippen molar-refractivity contribution >= 4 is 11.7 Å². The monoisotopic (exact) mass is 352 g/mol. The number of aryl methyl sites for hydroxylation is 3. The Morgan fingerprint density at radius 3 is 2.58 bits per heavy atom. The number of nitrogens with zero attached hydrogens (tertiary/aromatic N) is 6. The Morgan fingerprint density at radius 1 is 1.12 bits per heavy atom. The van der Waals surface area contributed by atoms with Gasteiger partial charge >= 0.3 is 0 Å². The highest BCUT2D eigenvalue weighted by atomic mass is 16.2. The van der Waals surface area contributed by atoms with Crippen LogP contribution in [0.2, 0.25) is 0 Å². The van der Waals surface area contributed by atoms with Crippen molar-refractivity contribution in [3.8, 4) is 0 Å². The van der Waals surface area contributed by atoms with Crippen LogP contribution in [-0.2, 0) is 19.9 Å². The number of hydrogen-bond acceptors (Lipinski definition) is 5. The molecule has 7 heteroatoms. The summed E-state index contributed by atoms with van der Waals surface area (Å²) in [6.45, 7) is 5.61. The van der Waals surface area contributed by atoms with Crippen molar-refractivity contribution < 1.29 is 4.79 Å². The molecule has 0 saturated carbocycles. The van der Waals surface area contributed by atoms with E-state index < -0.39 is 0 Å². The van der Waals surface area contributed by atoms with E-state index in [-0.39, 0.29) is 5.91 Å². The van der Waals surface area contributed by atoms with Gasteiger partial charge in [-0.05, 0) is 26.2 Å². The molecule has 2 aromatic rings. The zero-order valence-electron chi connectivity index (χ0n) is 15.4. The molecule has 0 radical (unpaired) electrons. The topological polar surface area (TPSA) is 67.2 Å². The molecule has 26 heavy (non-hydrogen) atoms. The first kappa shape index (κ1) is 15.8. The molecule has 0 aromatic carbocycles. The Labute approximate surface area is 153 Å². The van der Waals surface area contributed by atoms with Gasteiger partial charge in [-0.15, -0.1) is 0 Å². The van der Waals surface area contributed by atoms with Crippen molar-refractivity contribution in [3.05, 3.63) is 35.3 Å². The second-order valence-corrected chi connectivity index (χ2v) is 7.93. The van der Waals surface area contributed by atoms with Crippen molar-refractivity contribution in [1.29, 1.82) is 0 Å². The van der Waals surface area contributed by atoms with Crippen LogP contribution in [0.15, 0.2) is 12.5 Å². The number of aromatic nitrogens is 4. The maximum Gasteiger partial charge on any atom is 0.274 e. The highest BCUT2D eigenvalue weighted by Gasteiger charge is 2.43. The summed E-state index contributed by atoms with van der Waals surface area (Å²) < 4.78 is 1.82. The quantitative estimate of drug-likeness (QED) is 0.813. The van der Waals surface area contributed by atoms with Gasteiger partial charge in [-0.3, -0.25) is 4.79 Å². The minimum absolute atomic E-state index is 0.0605. The molecule has 0 spiro atoms. The lowest BCUT2D eigenvalue weighted by molar-refractivity contribution is 0.0777. The van der Waals surface area contributed by atoms with E-state index in [1.807, 2.05) is 23.4 Å². The number of carbonyl (C=O) groups is 1. The summed E-state index contributed by atoms with van der Waals surface area (Å²) in [6, 6.07) is 0. The highest BCUT2D eigenvalue weighted by molar-refractivity contribution is 5.92. The maximum absolute atomic E-state index is 12.7. The van der Waals surface area contributed by atoms with Crippen LogP contribution in [0.25, 0.3) is 0 Å². The van der Waals surface area contributed by atoms with Gasteiger partial charge < -0.3 is 14.4 Å². The lowest BCUT2D eigenvalue weighted by atomic mass is 10.0. The van der Waals surface area contributed by atoms with E-state index in [1.54, 1.807) is 12.5 Å². The SMILES string of the molecule is Cc1nc2c(c(N3CC4CN(C(=O)c5cn(C)cn5)CC4C3)n1)CCC2. The molecule has 0 N–H and O–H groups in total. The molecule has 0 bridgehead atoms.